The first kappa shape index (κ1) is 34.0. The highest BCUT2D eigenvalue weighted by atomic mass is 35.5. The van der Waals surface area contributed by atoms with Crippen LogP contribution in [0.15, 0.2) is 108 Å². The van der Waals surface area contributed by atoms with Crippen molar-refractivity contribution in [2.24, 2.45) is 0 Å². The molecule has 1 N–H and O–H groups in total. The summed E-state index contributed by atoms with van der Waals surface area (Å²) in [6.07, 6.45) is 1.71. The van der Waals surface area contributed by atoms with Crippen LogP contribution < -0.4 is 9.62 Å². The molecule has 0 aliphatic carbocycles. The minimum Gasteiger partial charge on any atom is -0.354 e. The number of rotatable bonds is 14. The smallest absolute Gasteiger partial charge is 0.264 e. The van der Waals surface area contributed by atoms with E-state index in [-0.39, 0.29) is 23.8 Å². The van der Waals surface area contributed by atoms with Gasteiger partial charge in [0.1, 0.15) is 12.6 Å². The van der Waals surface area contributed by atoms with Crippen LogP contribution >= 0.6 is 23.2 Å². The van der Waals surface area contributed by atoms with E-state index in [0.717, 1.165) is 21.9 Å². The number of amides is 2. The summed E-state index contributed by atoms with van der Waals surface area (Å²) in [4.78, 5) is 29.7. The maximum Gasteiger partial charge on any atom is 0.264 e. The second kappa shape index (κ2) is 15.9. The van der Waals surface area contributed by atoms with Crippen molar-refractivity contribution >= 4 is 50.7 Å². The lowest BCUT2D eigenvalue weighted by Crippen LogP contribution is -2.53. The summed E-state index contributed by atoms with van der Waals surface area (Å²) in [7, 11) is -4.16. The zero-order chi connectivity index (χ0) is 32.4. The molecular weight excluding hydrogens is 629 g/mol. The minimum absolute atomic E-state index is 0.000759. The quantitative estimate of drug-likeness (QED) is 0.158. The molecule has 0 saturated carbocycles. The van der Waals surface area contributed by atoms with Crippen LogP contribution in [0.3, 0.4) is 0 Å². The highest BCUT2D eigenvalue weighted by Gasteiger charge is 2.34. The van der Waals surface area contributed by atoms with Crippen LogP contribution in [0.5, 0.6) is 0 Å². The molecule has 4 aromatic carbocycles. The highest BCUT2D eigenvalue weighted by molar-refractivity contribution is 7.92. The van der Waals surface area contributed by atoms with Crippen molar-refractivity contribution in [1.82, 2.24) is 10.2 Å². The molecule has 2 amide bonds. The van der Waals surface area contributed by atoms with Gasteiger partial charge in [-0.25, -0.2) is 8.42 Å². The number of hydrogen-bond acceptors (Lipinski definition) is 4. The number of halogens is 2. The van der Waals surface area contributed by atoms with Crippen molar-refractivity contribution < 1.29 is 18.0 Å². The van der Waals surface area contributed by atoms with Gasteiger partial charge in [-0.2, -0.15) is 0 Å². The maximum absolute atomic E-state index is 14.5. The van der Waals surface area contributed by atoms with Crippen LogP contribution in [0.25, 0.3) is 0 Å². The predicted octanol–water partition coefficient (Wildman–Crippen LogP) is 6.92. The predicted molar refractivity (Wildman–Crippen MR) is 181 cm³/mol. The number of nitrogens with zero attached hydrogens (tertiary/aromatic N) is 2. The van der Waals surface area contributed by atoms with E-state index in [1.54, 1.807) is 48.5 Å². The molecule has 4 aromatic rings. The molecule has 0 aliphatic rings. The minimum atomic E-state index is -4.16. The van der Waals surface area contributed by atoms with Gasteiger partial charge in [-0.1, -0.05) is 104 Å². The van der Waals surface area contributed by atoms with Crippen molar-refractivity contribution in [1.29, 1.82) is 0 Å². The van der Waals surface area contributed by atoms with E-state index < -0.39 is 28.5 Å². The van der Waals surface area contributed by atoms with Gasteiger partial charge in [0.25, 0.3) is 10.0 Å². The monoisotopic (exact) mass is 665 g/mol. The highest BCUT2D eigenvalue weighted by Crippen LogP contribution is 2.27. The summed E-state index contributed by atoms with van der Waals surface area (Å²) in [5, 5.41) is 3.60. The van der Waals surface area contributed by atoms with E-state index >= 15 is 0 Å². The summed E-state index contributed by atoms with van der Waals surface area (Å²) in [5.41, 5.74) is 2.86. The molecular formula is C35H37Cl2N3O4S. The van der Waals surface area contributed by atoms with Crippen molar-refractivity contribution in [2.75, 3.05) is 17.4 Å². The van der Waals surface area contributed by atoms with Crippen LogP contribution in [-0.2, 0) is 39.0 Å². The Bertz CT molecular complexity index is 1690. The van der Waals surface area contributed by atoms with Gasteiger partial charge in [0.15, 0.2) is 0 Å². The van der Waals surface area contributed by atoms with Crippen molar-refractivity contribution in [2.45, 2.75) is 50.6 Å². The molecule has 0 unspecified atom stereocenters. The second-order valence-electron chi connectivity index (χ2n) is 10.6. The maximum atomic E-state index is 14.5. The van der Waals surface area contributed by atoms with Gasteiger partial charge >= 0.3 is 0 Å². The van der Waals surface area contributed by atoms with Gasteiger partial charge in [-0.3, -0.25) is 13.9 Å². The van der Waals surface area contributed by atoms with E-state index in [1.807, 2.05) is 56.3 Å². The molecule has 45 heavy (non-hydrogen) atoms. The number of nitrogens with one attached hydrogen (secondary N) is 1. The zero-order valence-electron chi connectivity index (χ0n) is 25.3. The molecule has 1 atom stereocenters. The van der Waals surface area contributed by atoms with Gasteiger partial charge in [0, 0.05) is 19.5 Å². The Hall–Kier alpha value is -3.85. The van der Waals surface area contributed by atoms with Gasteiger partial charge < -0.3 is 10.2 Å². The average Bonchev–Trinajstić information content (AvgIpc) is 3.06. The van der Waals surface area contributed by atoms with Crippen LogP contribution in [0.1, 0.15) is 37.0 Å². The van der Waals surface area contributed by atoms with Crippen LogP contribution in [-0.4, -0.2) is 44.3 Å². The molecule has 10 heteroatoms. The van der Waals surface area contributed by atoms with Gasteiger partial charge in [0.05, 0.1) is 20.6 Å². The number of sulfonamides is 1. The summed E-state index contributed by atoms with van der Waals surface area (Å²) in [6, 6.07) is 28.6. The Labute approximate surface area is 275 Å². The van der Waals surface area contributed by atoms with E-state index in [1.165, 1.54) is 17.0 Å². The van der Waals surface area contributed by atoms with E-state index in [0.29, 0.717) is 34.3 Å². The number of carbonyl (C=O) groups excluding carboxylic acids is 2. The molecule has 0 saturated heterocycles. The van der Waals surface area contributed by atoms with E-state index in [4.69, 9.17) is 23.2 Å². The standard InChI is InChI=1S/C35H37Cl2N3O4S/c1-3-21-38-35(42)33(23-27-11-7-5-8-12-27)39(24-28-17-20-31(36)32(37)22-28)34(41)25-40(29-18-15-26(4-2)16-19-29)45(43,44)30-13-9-6-10-14-30/h5-20,22,33H,3-4,21,23-25H2,1-2H3,(H,38,42)/t33-/m0/s1. The van der Waals surface area contributed by atoms with E-state index in [9.17, 15) is 18.0 Å². The Morgan fingerprint density at radius 1 is 0.778 bits per heavy atom. The third kappa shape index (κ3) is 8.87. The van der Waals surface area contributed by atoms with Crippen LogP contribution in [0, 0.1) is 0 Å². The van der Waals surface area contributed by atoms with Gasteiger partial charge in [-0.05, 0) is 65.9 Å². The fourth-order valence-corrected chi connectivity index (χ4v) is 6.66. The Morgan fingerprint density at radius 3 is 2.00 bits per heavy atom. The third-order valence-corrected chi connectivity index (χ3v) is 9.93. The molecule has 0 radical (unpaired) electrons. The SMILES string of the molecule is CCCNC(=O)[C@H](Cc1ccccc1)N(Cc1ccc(Cl)c(Cl)c1)C(=O)CN(c1ccc(CC)cc1)S(=O)(=O)c1ccccc1. The molecule has 0 fully saturated rings. The number of benzene rings is 4. The molecule has 4 rings (SSSR count). The normalized spacial score (nSPS) is 11.9. The van der Waals surface area contributed by atoms with E-state index in [2.05, 4.69) is 5.32 Å². The Balaban J connectivity index is 1.80. The van der Waals surface area contributed by atoms with Crippen molar-refractivity contribution in [3.8, 4) is 0 Å². The average molecular weight is 667 g/mol. The number of anilines is 1. The van der Waals surface area contributed by atoms with Crippen molar-refractivity contribution in [3.05, 3.63) is 130 Å². The lowest BCUT2D eigenvalue weighted by molar-refractivity contribution is -0.140. The zero-order valence-corrected chi connectivity index (χ0v) is 27.7. The number of carbonyl (C=O) groups is 2. The first-order chi connectivity index (χ1) is 21.6. The summed E-state index contributed by atoms with van der Waals surface area (Å²) >= 11 is 12.5. The topological polar surface area (TPSA) is 86.8 Å². The molecule has 0 aliphatic heterocycles. The van der Waals surface area contributed by atoms with Gasteiger partial charge in [0.2, 0.25) is 11.8 Å². The molecule has 0 spiro atoms. The fraction of sp³-hybridized carbons (Fsp3) is 0.257. The summed E-state index contributed by atoms with van der Waals surface area (Å²) < 4.78 is 29.2. The van der Waals surface area contributed by atoms with Crippen molar-refractivity contribution in [3.63, 3.8) is 0 Å². The van der Waals surface area contributed by atoms with Crippen LogP contribution in [0.2, 0.25) is 10.0 Å². The Kier molecular flexibility index (Phi) is 12.0. The van der Waals surface area contributed by atoms with Crippen LogP contribution in [0.4, 0.5) is 5.69 Å². The summed E-state index contributed by atoms with van der Waals surface area (Å²) in [6.45, 7) is 3.85. The number of hydrogen-bond donors (Lipinski definition) is 1. The second-order valence-corrected chi connectivity index (χ2v) is 13.3. The largest absolute Gasteiger partial charge is 0.354 e. The third-order valence-electron chi connectivity index (χ3n) is 7.40. The molecule has 236 valence electrons. The molecule has 7 nitrogen and oxygen atoms in total. The van der Waals surface area contributed by atoms with Gasteiger partial charge in [-0.15, -0.1) is 0 Å². The Morgan fingerprint density at radius 2 is 1.40 bits per heavy atom. The lowest BCUT2D eigenvalue weighted by atomic mass is 10.0. The molecule has 0 heterocycles. The number of aryl methyl sites for hydroxylation is 1. The first-order valence-electron chi connectivity index (χ1n) is 14.9. The summed E-state index contributed by atoms with van der Waals surface area (Å²) in [5.74, 6) is -0.883. The molecule has 0 aromatic heterocycles. The molecule has 0 bridgehead atoms. The fourth-order valence-electron chi connectivity index (χ4n) is 4.90. The lowest BCUT2D eigenvalue weighted by Gasteiger charge is -2.34. The first-order valence-corrected chi connectivity index (χ1v) is 17.0.